The second-order valence-corrected chi connectivity index (χ2v) is 6.97. The van der Waals surface area contributed by atoms with Gasteiger partial charge in [-0.05, 0) is 43.3 Å². The minimum atomic E-state index is -0.520. The summed E-state index contributed by atoms with van der Waals surface area (Å²) in [7, 11) is 0. The Bertz CT molecular complexity index is 1190. The molecule has 0 saturated heterocycles. The summed E-state index contributed by atoms with van der Waals surface area (Å²) in [5.41, 5.74) is 2.65. The smallest absolute Gasteiger partial charge is 0.367 e. The van der Waals surface area contributed by atoms with E-state index in [1.807, 2.05) is 18.2 Å². The molecule has 0 aliphatic carbocycles. The van der Waals surface area contributed by atoms with Crippen molar-refractivity contribution in [2.24, 2.45) is 5.16 Å². The van der Waals surface area contributed by atoms with Crippen LogP contribution in [0.2, 0.25) is 5.02 Å². The van der Waals surface area contributed by atoms with E-state index in [-0.39, 0.29) is 6.61 Å². The van der Waals surface area contributed by atoms with E-state index in [4.69, 9.17) is 20.8 Å². The van der Waals surface area contributed by atoms with Gasteiger partial charge in [-0.2, -0.15) is 0 Å². The van der Waals surface area contributed by atoms with Gasteiger partial charge in [-0.15, -0.1) is 0 Å². The van der Waals surface area contributed by atoms with Crippen molar-refractivity contribution in [2.75, 3.05) is 0 Å². The summed E-state index contributed by atoms with van der Waals surface area (Å²) < 4.78 is 11.2. The van der Waals surface area contributed by atoms with Gasteiger partial charge in [0, 0.05) is 16.1 Å². The molecule has 3 aromatic rings. The van der Waals surface area contributed by atoms with Gasteiger partial charge in [0.05, 0.1) is 16.8 Å². The van der Waals surface area contributed by atoms with Crippen molar-refractivity contribution in [3.8, 4) is 11.3 Å². The SMILES string of the molecule is CC1=NOC(=O)/C1=C\c1ccc(-c2cccc(C(=O)OCc3ccccc3Cl)c2)o1. The van der Waals surface area contributed by atoms with Gasteiger partial charge in [0.1, 0.15) is 18.1 Å². The van der Waals surface area contributed by atoms with Gasteiger partial charge < -0.3 is 14.0 Å². The maximum absolute atomic E-state index is 12.5. The summed E-state index contributed by atoms with van der Waals surface area (Å²) in [6.07, 6.45) is 1.57. The van der Waals surface area contributed by atoms with E-state index < -0.39 is 11.9 Å². The average molecular weight is 422 g/mol. The number of benzene rings is 2. The molecule has 0 radical (unpaired) electrons. The molecule has 2 heterocycles. The quantitative estimate of drug-likeness (QED) is 0.318. The molecule has 0 fully saturated rings. The van der Waals surface area contributed by atoms with E-state index in [2.05, 4.69) is 9.99 Å². The van der Waals surface area contributed by atoms with Crippen LogP contribution >= 0.6 is 11.6 Å². The third-order valence-corrected chi connectivity index (χ3v) is 4.86. The van der Waals surface area contributed by atoms with Gasteiger partial charge in [0.2, 0.25) is 0 Å². The van der Waals surface area contributed by atoms with E-state index in [1.54, 1.807) is 55.5 Å². The predicted molar refractivity (Wildman–Crippen MR) is 112 cm³/mol. The zero-order chi connectivity index (χ0) is 21.1. The van der Waals surface area contributed by atoms with Crippen LogP contribution in [0.25, 0.3) is 17.4 Å². The molecule has 0 N–H and O–H groups in total. The lowest BCUT2D eigenvalue weighted by Gasteiger charge is -2.07. The first-order valence-electron chi connectivity index (χ1n) is 9.10. The highest BCUT2D eigenvalue weighted by atomic mass is 35.5. The molecule has 0 saturated carbocycles. The van der Waals surface area contributed by atoms with E-state index in [0.717, 1.165) is 5.56 Å². The Morgan fingerprint density at radius 1 is 1.13 bits per heavy atom. The van der Waals surface area contributed by atoms with Gasteiger partial charge in [-0.25, -0.2) is 9.59 Å². The molecule has 0 spiro atoms. The number of nitrogens with zero attached hydrogens (tertiary/aromatic N) is 1. The maximum atomic E-state index is 12.5. The minimum Gasteiger partial charge on any atom is -0.457 e. The second-order valence-electron chi connectivity index (χ2n) is 6.56. The number of hydrogen-bond acceptors (Lipinski definition) is 6. The molecule has 0 unspecified atom stereocenters. The van der Waals surface area contributed by atoms with Crippen molar-refractivity contribution >= 4 is 35.3 Å². The Morgan fingerprint density at radius 3 is 2.73 bits per heavy atom. The van der Waals surface area contributed by atoms with E-state index in [9.17, 15) is 9.59 Å². The monoisotopic (exact) mass is 421 g/mol. The van der Waals surface area contributed by atoms with Crippen LogP contribution in [0.3, 0.4) is 0 Å². The molecule has 0 bridgehead atoms. The molecule has 2 aromatic carbocycles. The van der Waals surface area contributed by atoms with Crippen LogP contribution in [0.4, 0.5) is 0 Å². The number of rotatable bonds is 5. The summed E-state index contributed by atoms with van der Waals surface area (Å²) in [6, 6.07) is 17.6. The number of halogens is 1. The average Bonchev–Trinajstić information content (AvgIpc) is 3.35. The number of furan rings is 1. The third kappa shape index (κ3) is 4.18. The number of hydrogen-bond donors (Lipinski definition) is 0. The summed E-state index contributed by atoms with van der Waals surface area (Å²) in [6.45, 7) is 1.76. The van der Waals surface area contributed by atoms with Crippen molar-refractivity contribution in [1.29, 1.82) is 0 Å². The zero-order valence-electron chi connectivity index (χ0n) is 15.9. The normalized spacial score (nSPS) is 14.5. The highest BCUT2D eigenvalue weighted by Crippen LogP contribution is 2.26. The van der Waals surface area contributed by atoms with Crippen molar-refractivity contribution in [3.63, 3.8) is 0 Å². The Hall–Kier alpha value is -3.64. The van der Waals surface area contributed by atoms with Crippen LogP contribution in [0.1, 0.15) is 28.6 Å². The fourth-order valence-electron chi connectivity index (χ4n) is 2.89. The Labute approximate surface area is 177 Å². The lowest BCUT2D eigenvalue weighted by Crippen LogP contribution is -2.05. The molecule has 1 aliphatic heterocycles. The summed E-state index contributed by atoms with van der Waals surface area (Å²) >= 11 is 6.10. The van der Waals surface area contributed by atoms with Gasteiger partial charge >= 0.3 is 11.9 Å². The number of ether oxygens (including phenoxy) is 1. The van der Waals surface area contributed by atoms with E-state index in [1.165, 1.54) is 0 Å². The molecule has 1 aromatic heterocycles. The first kappa shape index (κ1) is 19.7. The van der Waals surface area contributed by atoms with E-state index >= 15 is 0 Å². The van der Waals surface area contributed by atoms with Crippen molar-refractivity contribution in [1.82, 2.24) is 0 Å². The second kappa shape index (κ2) is 8.39. The summed E-state index contributed by atoms with van der Waals surface area (Å²) in [5.74, 6) is 0.0311. The van der Waals surface area contributed by atoms with Gasteiger partial charge in [0.25, 0.3) is 0 Å². The van der Waals surface area contributed by atoms with Gasteiger partial charge in [-0.1, -0.05) is 47.1 Å². The van der Waals surface area contributed by atoms with Crippen LogP contribution in [-0.2, 0) is 21.0 Å². The molecular formula is C23H16ClNO5. The van der Waals surface area contributed by atoms with Crippen molar-refractivity contribution in [3.05, 3.63) is 88.1 Å². The van der Waals surface area contributed by atoms with Crippen LogP contribution in [-0.4, -0.2) is 17.7 Å². The minimum absolute atomic E-state index is 0.0816. The third-order valence-electron chi connectivity index (χ3n) is 4.49. The zero-order valence-corrected chi connectivity index (χ0v) is 16.7. The molecular weight excluding hydrogens is 406 g/mol. The number of carbonyl (C=O) groups is 2. The highest BCUT2D eigenvalue weighted by molar-refractivity contribution is 6.31. The first-order valence-corrected chi connectivity index (χ1v) is 9.48. The Morgan fingerprint density at radius 2 is 1.97 bits per heavy atom. The summed E-state index contributed by atoms with van der Waals surface area (Å²) in [5, 5.41) is 4.18. The van der Waals surface area contributed by atoms with Crippen LogP contribution < -0.4 is 0 Å². The maximum Gasteiger partial charge on any atom is 0.367 e. The molecule has 4 rings (SSSR count). The number of esters is 1. The highest BCUT2D eigenvalue weighted by Gasteiger charge is 2.22. The molecule has 1 aliphatic rings. The molecule has 0 amide bonds. The molecule has 6 nitrogen and oxygen atoms in total. The standard InChI is InChI=1S/C23H16ClNO5/c1-14-19(23(27)30-25-14)12-18-9-10-21(29-18)15-6-4-7-16(11-15)22(26)28-13-17-5-2-3-8-20(17)24/h2-12H,13H2,1H3/b19-12-. The Balaban J connectivity index is 1.50. The molecule has 30 heavy (non-hydrogen) atoms. The van der Waals surface area contributed by atoms with Crippen molar-refractivity contribution < 1.29 is 23.6 Å². The molecule has 150 valence electrons. The van der Waals surface area contributed by atoms with Gasteiger partial charge in [0.15, 0.2) is 0 Å². The Kier molecular flexibility index (Phi) is 5.50. The lowest BCUT2D eigenvalue weighted by atomic mass is 10.1. The fourth-order valence-corrected chi connectivity index (χ4v) is 3.08. The number of oxime groups is 1. The molecule has 7 heteroatoms. The summed E-state index contributed by atoms with van der Waals surface area (Å²) in [4.78, 5) is 28.7. The lowest BCUT2D eigenvalue weighted by molar-refractivity contribution is -0.136. The molecule has 0 atom stereocenters. The number of carbonyl (C=O) groups excluding carboxylic acids is 2. The van der Waals surface area contributed by atoms with Crippen LogP contribution in [0.5, 0.6) is 0 Å². The largest absolute Gasteiger partial charge is 0.457 e. The first-order chi connectivity index (χ1) is 14.5. The van der Waals surface area contributed by atoms with Gasteiger partial charge in [-0.3, -0.25) is 0 Å². The van der Waals surface area contributed by atoms with E-state index in [0.29, 0.717) is 39.0 Å². The fraction of sp³-hybridized carbons (Fsp3) is 0.0870. The van der Waals surface area contributed by atoms with Crippen LogP contribution in [0.15, 0.2) is 75.8 Å². The predicted octanol–water partition coefficient (Wildman–Crippen LogP) is 5.27. The topological polar surface area (TPSA) is 78.1 Å². The van der Waals surface area contributed by atoms with Crippen molar-refractivity contribution in [2.45, 2.75) is 13.5 Å². The van der Waals surface area contributed by atoms with Crippen LogP contribution in [0, 0.1) is 0 Å².